The molecule has 7 heteroatoms. The number of aromatic amines is 1. The summed E-state index contributed by atoms with van der Waals surface area (Å²) in [5, 5.41) is 2.77. The van der Waals surface area contributed by atoms with E-state index in [1.165, 1.54) is 31.4 Å². The van der Waals surface area contributed by atoms with Crippen molar-refractivity contribution in [2.45, 2.75) is 32.6 Å². The smallest absolute Gasteiger partial charge is 0.256 e. The number of aromatic nitrogens is 1. The van der Waals surface area contributed by atoms with E-state index in [9.17, 15) is 14.0 Å². The number of rotatable bonds is 4. The van der Waals surface area contributed by atoms with Gasteiger partial charge in [0.15, 0.2) is 0 Å². The molecule has 1 fully saturated rings. The molecule has 0 atom stereocenters. The van der Waals surface area contributed by atoms with Crippen molar-refractivity contribution < 1.29 is 14.0 Å². The van der Waals surface area contributed by atoms with Crippen LogP contribution in [0, 0.1) is 12.7 Å². The van der Waals surface area contributed by atoms with E-state index < -0.39 is 0 Å². The predicted molar refractivity (Wildman–Crippen MR) is 118 cm³/mol. The Morgan fingerprint density at radius 2 is 1.90 bits per heavy atom. The topological polar surface area (TPSA) is 68.4 Å². The first kappa shape index (κ1) is 20.0. The van der Waals surface area contributed by atoms with E-state index >= 15 is 0 Å². The van der Waals surface area contributed by atoms with Crippen LogP contribution >= 0.6 is 0 Å². The summed E-state index contributed by atoms with van der Waals surface area (Å²) in [6.45, 7) is 6.52. The number of anilines is 1. The van der Waals surface area contributed by atoms with Gasteiger partial charge in [-0.15, -0.1) is 0 Å². The van der Waals surface area contributed by atoms with Gasteiger partial charge in [-0.2, -0.15) is 0 Å². The molecular formula is C24H27FN4O2. The van der Waals surface area contributed by atoms with Crippen molar-refractivity contribution in [3.05, 3.63) is 52.1 Å². The van der Waals surface area contributed by atoms with E-state index in [1.54, 1.807) is 12.1 Å². The molecule has 31 heavy (non-hydrogen) atoms. The van der Waals surface area contributed by atoms with Crippen molar-refractivity contribution in [1.29, 1.82) is 0 Å². The monoisotopic (exact) mass is 422 g/mol. The van der Waals surface area contributed by atoms with Crippen molar-refractivity contribution in [1.82, 2.24) is 14.8 Å². The van der Waals surface area contributed by atoms with Gasteiger partial charge in [-0.05, 0) is 62.7 Å². The van der Waals surface area contributed by atoms with Gasteiger partial charge in [0, 0.05) is 48.7 Å². The first-order valence-electron chi connectivity index (χ1n) is 11.1. The third kappa shape index (κ3) is 3.67. The van der Waals surface area contributed by atoms with Crippen LogP contribution < -0.4 is 5.32 Å². The molecule has 2 aromatic rings. The van der Waals surface area contributed by atoms with E-state index in [2.05, 4.69) is 15.2 Å². The van der Waals surface area contributed by atoms with Crippen LogP contribution in [0.15, 0.2) is 18.2 Å². The lowest BCUT2D eigenvalue weighted by Gasteiger charge is -2.32. The second-order valence-corrected chi connectivity index (χ2v) is 8.66. The van der Waals surface area contributed by atoms with Crippen LogP contribution in [-0.2, 0) is 11.2 Å². The van der Waals surface area contributed by atoms with Crippen LogP contribution in [-0.4, -0.2) is 59.3 Å². The first-order valence-corrected chi connectivity index (χ1v) is 11.1. The number of carbonyl (C=O) groups excluding carboxylic acids is 2. The molecular weight excluding hydrogens is 395 g/mol. The van der Waals surface area contributed by atoms with Gasteiger partial charge >= 0.3 is 0 Å². The number of carbonyl (C=O) groups is 2. The maximum atomic E-state index is 13.7. The highest BCUT2D eigenvalue weighted by atomic mass is 19.1. The van der Waals surface area contributed by atoms with Crippen molar-refractivity contribution in [3.63, 3.8) is 0 Å². The number of benzene rings is 1. The summed E-state index contributed by atoms with van der Waals surface area (Å²) in [4.78, 5) is 33.4. The van der Waals surface area contributed by atoms with Gasteiger partial charge in [0.05, 0.1) is 11.1 Å². The molecule has 1 aromatic carbocycles. The Balaban J connectivity index is 1.39. The lowest BCUT2D eigenvalue weighted by atomic mass is 10.0. The molecule has 3 aliphatic rings. The molecule has 0 spiro atoms. The van der Waals surface area contributed by atoms with Crippen LogP contribution in [0.2, 0.25) is 0 Å². The van der Waals surface area contributed by atoms with Gasteiger partial charge in [-0.25, -0.2) is 4.39 Å². The number of amides is 2. The molecule has 2 N–H and O–H groups in total. The molecule has 0 saturated carbocycles. The van der Waals surface area contributed by atoms with Crippen molar-refractivity contribution in [2.24, 2.45) is 0 Å². The van der Waals surface area contributed by atoms with Gasteiger partial charge in [-0.1, -0.05) is 6.42 Å². The minimum Gasteiger partial charge on any atom is -0.358 e. The fourth-order valence-electron chi connectivity index (χ4n) is 4.91. The highest BCUT2D eigenvalue weighted by molar-refractivity contribution is 6.34. The average molecular weight is 423 g/mol. The summed E-state index contributed by atoms with van der Waals surface area (Å²) in [5.74, 6) is -0.593. The fourth-order valence-corrected chi connectivity index (χ4v) is 4.91. The van der Waals surface area contributed by atoms with Crippen LogP contribution in [0.4, 0.5) is 10.1 Å². The van der Waals surface area contributed by atoms with Crippen LogP contribution in [0.3, 0.4) is 0 Å². The number of nitrogens with one attached hydrogen (secondary N) is 2. The fraction of sp³-hybridized carbons (Fsp3) is 0.417. The number of H-pyrrole nitrogens is 1. The molecule has 4 heterocycles. The summed E-state index contributed by atoms with van der Waals surface area (Å²) in [6.07, 6.45) is 6.29. The van der Waals surface area contributed by atoms with Crippen molar-refractivity contribution >= 4 is 29.2 Å². The zero-order valence-corrected chi connectivity index (χ0v) is 17.8. The Morgan fingerprint density at radius 3 is 2.71 bits per heavy atom. The van der Waals surface area contributed by atoms with Gasteiger partial charge in [0.25, 0.3) is 11.8 Å². The average Bonchev–Trinajstić information content (AvgIpc) is 3.25. The van der Waals surface area contributed by atoms with E-state index in [0.29, 0.717) is 23.4 Å². The highest BCUT2D eigenvalue weighted by Gasteiger charge is 2.30. The molecule has 0 aliphatic carbocycles. The lowest BCUT2D eigenvalue weighted by molar-refractivity contribution is -0.110. The molecule has 6 nitrogen and oxygen atoms in total. The highest BCUT2D eigenvalue weighted by Crippen LogP contribution is 2.35. The molecule has 1 saturated heterocycles. The number of halogens is 1. The summed E-state index contributed by atoms with van der Waals surface area (Å²) in [6, 6.07) is 4.27. The number of hydrogen-bond donors (Lipinski definition) is 2. The Morgan fingerprint density at radius 1 is 1.10 bits per heavy atom. The Labute approximate surface area is 181 Å². The predicted octanol–water partition coefficient (Wildman–Crippen LogP) is 3.44. The van der Waals surface area contributed by atoms with Gasteiger partial charge in [0.1, 0.15) is 5.82 Å². The van der Waals surface area contributed by atoms with Gasteiger partial charge < -0.3 is 20.1 Å². The Hall–Kier alpha value is -2.93. The Kier molecular flexibility index (Phi) is 5.14. The molecule has 0 unspecified atom stereocenters. The SMILES string of the molecule is Cc1c(C=C2C(=O)Nc3ccc(F)cc32)[nH]c2c1C(=O)N(CCN1CCCCC1)CC2. The summed E-state index contributed by atoms with van der Waals surface area (Å²) in [5.41, 5.74) is 4.77. The maximum Gasteiger partial charge on any atom is 0.256 e. The third-order valence-electron chi connectivity index (χ3n) is 6.69. The molecule has 3 aliphatic heterocycles. The quantitative estimate of drug-likeness (QED) is 0.742. The summed E-state index contributed by atoms with van der Waals surface area (Å²) in [7, 11) is 0. The van der Waals surface area contributed by atoms with E-state index in [1.807, 2.05) is 11.8 Å². The minimum absolute atomic E-state index is 0.0546. The summed E-state index contributed by atoms with van der Waals surface area (Å²) < 4.78 is 13.7. The number of hydrogen-bond acceptors (Lipinski definition) is 3. The zero-order chi connectivity index (χ0) is 21.5. The lowest BCUT2D eigenvalue weighted by Crippen LogP contribution is -2.43. The zero-order valence-electron chi connectivity index (χ0n) is 17.8. The van der Waals surface area contributed by atoms with Gasteiger partial charge in [0.2, 0.25) is 0 Å². The van der Waals surface area contributed by atoms with Crippen LogP contribution in [0.25, 0.3) is 11.6 Å². The number of likely N-dealkylation sites (tertiary alicyclic amines) is 1. The van der Waals surface area contributed by atoms with E-state index in [-0.39, 0.29) is 17.6 Å². The Bertz CT molecular complexity index is 1080. The number of piperidine rings is 1. The number of nitrogens with zero attached hydrogens (tertiary/aromatic N) is 2. The second kappa shape index (κ2) is 7.96. The molecule has 5 rings (SSSR count). The third-order valence-corrected chi connectivity index (χ3v) is 6.69. The van der Waals surface area contributed by atoms with Crippen LogP contribution in [0.5, 0.6) is 0 Å². The van der Waals surface area contributed by atoms with E-state index in [4.69, 9.17) is 0 Å². The normalized spacial score (nSPS) is 20.2. The molecule has 162 valence electrons. The van der Waals surface area contributed by atoms with E-state index in [0.717, 1.165) is 55.1 Å². The molecule has 0 bridgehead atoms. The number of fused-ring (bicyclic) bond motifs is 2. The maximum absolute atomic E-state index is 13.7. The largest absolute Gasteiger partial charge is 0.358 e. The second-order valence-electron chi connectivity index (χ2n) is 8.66. The van der Waals surface area contributed by atoms with Crippen molar-refractivity contribution in [3.8, 4) is 0 Å². The summed E-state index contributed by atoms with van der Waals surface area (Å²) >= 11 is 0. The molecule has 0 radical (unpaired) electrons. The minimum atomic E-state index is -0.386. The first-order chi connectivity index (χ1) is 15.0. The van der Waals surface area contributed by atoms with Crippen molar-refractivity contribution in [2.75, 3.05) is 38.0 Å². The standard InChI is InChI=1S/C24H27FN4O2/c1-15-21(14-18-17-13-16(25)5-6-19(17)27-23(18)30)26-20-7-10-29(24(31)22(15)20)12-11-28-8-3-2-4-9-28/h5-6,13-14,26H,2-4,7-12H2,1H3,(H,27,30). The van der Waals surface area contributed by atoms with Gasteiger partial charge in [-0.3, -0.25) is 9.59 Å². The van der Waals surface area contributed by atoms with Crippen LogP contribution in [0.1, 0.15) is 52.1 Å². The molecule has 1 aromatic heterocycles. The molecule has 2 amide bonds.